The zero-order valence-corrected chi connectivity index (χ0v) is 10.1. The largest absolute Gasteiger partial charge is 0.283 e. The van der Waals surface area contributed by atoms with E-state index in [1.165, 1.54) is 6.26 Å². The van der Waals surface area contributed by atoms with E-state index in [0.29, 0.717) is 11.6 Å². The van der Waals surface area contributed by atoms with E-state index in [2.05, 4.69) is 18.6 Å². The van der Waals surface area contributed by atoms with Crippen molar-refractivity contribution in [2.45, 2.75) is 26.2 Å². The molecule has 0 radical (unpaired) electrons. The van der Waals surface area contributed by atoms with Crippen molar-refractivity contribution in [3.8, 4) is 0 Å². The van der Waals surface area contributed by atoms with Crippen LogP contribution in [-0.2, 0) is 10.0 Å². The highest BCUT2D eigenvalue weighted by Crippen LogP contribution is 2.26. The molecule has 1 N–H and O–H groups in total. The Morgan fingerprint density at radius 2 is 1.93 bits per heavy atom. The monoisotopic (exact) mass is 227 g/mol. The van der Waals surface area contributed by atoms with E-state index in [1.54, 1.807) is 6.07 Å². The van der Waals surface area contributed by atoms with Gasteiger partial charge in [-0.1, -0.05) is 32.0 Å². The van der Waals surface area contributed by atoms with Crippen LogP contribution in [0.5, 0.6) is 0 Å². The van der Waals surface area contributed by atoms with Gasteiger partial charge in [0.2, 0.25) is 10.0 Å². The molecule has 0 aromatic heterocycles. The Balaban J connectivity index is 3.07. The van der Waals surface area contributed by atoms with Crippen molar-refractivity contribution in [1.29, 1.82) is 0 Å². The number of benzene rings is 1. The van der Waals surface area contributed by atoms with Gasteiger partial charge < -0.3 is 0 Å². The summed E-state index contributed by atoms with van der Waals surface area (Å²) in [6.45, 7) is 4.17. The van der Waals surface area contributed by atoms with Crippen molar-refractivity contribution in [1.82, 2.24) is 0 Å². The Labute approximate surface area is 91.6 Å². The first kappa shape index (κ1) is 12.0. The minimum absolute atomic E-state index is 0.357. The second-order valence-electron chi connectivity index (χ2n) is 3.77. The number of nitrogens with one attached hydrogen (secondary N) is 1. The van der Waals surface area contributed by atoms with E-state index in [4.69, 9.17) is 0 Å². The Morgan fingerprint density at radius 3 is 2.47 bits per heavy atom. The smallest absolute Gasteiger partial charge is 0.229 e. The second-order valence-corrected chi connectivity index (χ2v) is 5.52. The van der Waals surface area contributed by atoms with Gasteiger partial charge in [-0.15, -0.1) is 0 Å². The molecule has 0 saturated heterocycles. The maximum absolute atomic E-state index is 11.2. The first-order valence-electron chi connectivity index (χ1n) is 5.00. The number of rotatable bonds is 4. The van der Waals surface area contributed by atoms with E-state index >= 15 is 0 Å². The van der Waals surface area contributed by atoms with E-state index in [0.717, 1.165) is 12.0 Å². The van der Waals surface area contributed by atoms with Crippen LogP contribution in [0.15, 0.2) is 24.3 Å². The Hall–Kier alpha value is -1.03. The maximum atomic E-state index is 11.2. The summed E-state index contributed by atoms with van der Waals surface area (Å²) >= 11 is 0. The average Bonchev–Trinajstić information content (AvgIpc) is 2.15. The van der Waals surface area contributed by atoms with Gasteiger partial charge in [0.05, 0.1) is 11.9 Å². The van der Waals surface area contributed by atoms with E-state index in [9.17, 15) is 8.42 Å². The fraction of sp³-hybridized carbons (Fsp3) is 0.455. The first-order valence-corrected chi connectivity index (χ1v) is 6.90. The molecule has 15 heavy (non-hydrogen) atoms. The molecule has 1 aromatic carbocycles. The van der Waals surface area contributed by atoms with Gasteiger partial charge in [0, 0.05) is 0 Å². The van der Waals surface area contributed by atoms with Crippen LogP contribution in [0.1, 0.15) is 31.7 Å². The molecule has 0 aliphatic carbocycles. The molecule has 84 valence electrons. The fourth-order valence-electron chi connectivity index (χ4n) is 1.44. The van der Waals surface area contributed by atoms with Gasteiger partial charge in [0.25, 0.3) is 0 Å². The predicted molar refractivity (Wildman–Crippen MR) is 63.6 cm³/mol. The third-order valence-corrected chi connectivity index (χ3v) is 2.99. The van der Waals surface area contributed by atoms with E-state index < -0.39 is 10.0 Å². The Morgan fingerprint density at radius 1 is 1.33 bits per heavy atom. The molecule has 1 rings (SSSR count). The molecule has 0 heterocycles. The summed E-state index contributed by atoms with van der Waals surface area (Å²) in [5, 5.41) is 0. The average molecular weight is 227 g/mol. The summed E-state index contributed by atoms with van der Waals surface area (Å²) in [4.78, 5) is 0. The summed E-state index contributed by atoms with van der Waals surface area (Å²) in [5.74, 6) is 0.357. The number of sulfonamides is 1. The lowest BCUT2D eigenvalue weighted by atomic mass is 9.97. The summed E-state index contributed by atoms with van der Waals surface area (Å²) in [6, 6.07) is 7.51. The van der Waals surface area contributed by atoms with Gasteiger partial charge in [0.15, 0.2) is 0 Å². The van der Waals surface area contributed by atoms with Crippen LogP contribution < -0.4 is 4.72 Å². The minimum atomic E-state index is -3.19. The van der Waals surface area contributed by atoms with Crippen molar-refractivity contribution < 1.29 is 8.42 Å². The number of hydrogen-bond acceptors (Lipinski definition) is 2. The van der Waals surface area contributed by atoms with Crippen LogP contribution in [0.3, 0.4) is 0 Å². The first-order chi connectivity index (χ1) is 6.94. The third-order valence-electron chi connectivity index (χ3n) is 2.40. The van der Waals surface area contributed by atoms with Gasteiger partial charge in [-0.2, -0.15) is 0 Å². The Bertz CT molecular complexity index is 426. The lowest BCUT2D eigenvalue weighted by Gasteiger charge is -2.15. The predicted octanol–water partition coefficient (Wildman–Crippen LogP) is 2.57. The van der Waals surface area contributed by atoms with Crippen LogP contribution in [-0.4, -0.2) is 14.7 Å². The lowest BCUT2D eigenvalue weighted by Crippen LogP contribution is -2.11. The SMILES string of the molecule is CCC(C)c1ccccc1NS(C)(=O)=O. The molecule has 4 heteroatoms. The molecule has 3 nitrogen and oxygen atoms in total. The fourth-order valence-corrected chi connectivity index (χ4v) is 2.02. The number of anilines is 1. The second kappa shape index (κ2) is 4.66. The lowest BCUT2D eigenvalue weighted by molar-refractivity contribution is 0.606. The maximum Gasteiger partial charge on any atom is 0.229 e. The normalized spacial score (nSPS) is 13.5. The molecule has 0 amide bonds. The molecule has 0 aliphatic rings. The molecular weight excluding hydrogens is 210 g/mol. The van der Waals surface area contributed by atoms with Crippen molar-refractivity contribution in [3.63, 3.8) is 0 Å². The van der Waals surface area contributed by atoms with E-state index in [1.807, 2.05) is 18.2 Å². The Kier molecular flexibility index (Phi) is 3.74. The molecule has 0 spiro atoms. The van der Waals surface area contributed by atoms with Gasteiger partial charge in [0.1, 0.15) is 0 Å². The van der Waals surface area contributed by atoms with Gasteiger partial charge in [-0.25, -0.2) is 8.42 Å². The summed E-state index contributed by atoms with van der Waals surface area (Å²) in [5.41, 5.74) is 1.74. The van der Waals surface area contributed by atoms with Gasteiger partial charge in [-0.05, 0) is 24.0 Å². The summed E-state index contributed by atoms with van der Waals surface area (Å²) in [7, 11) is -3.19. The van der Waals surface area contributed by atoms with Crippen LogP contribution in [0.2, 0.25) is 0 Å². The van der Waals surface area contributed by atoms with Gasteiger partial charge in [-0.3, -0.25) is 4.72 Å². The van der Waals surface area contributed by atoms with E-state index in [-0.39, 0.29) is 0 Å². The van der Waals surface area contributed by atoms with Crippen molar-refractivity contribution in [2.75, 3.05) is 11.0 Å². The molecular formula is C11H17NO2S. The molecule has 1 aromatic rings. The topological polar surface area (TPSA) is 46.2 Å². The van der Waals surface area contributed by atoms with Crippen LogP contribution in [0, 0.1) is 0 Å². The molecule has 0 fully saturated rings. The zero-order chi connectivity index (χ0) is 11.5. The highest BCUT2D eigenvalue weighted by Gasteiger charge is 2.10. The van der Waals surface area contributed by atoms with Crippen LogP contribution in [0.4, 0.5) is 5.69 Å². The standard InChI is InChI=1S/C11H17NO2S/c1-4-9(2)10-7-5-6-8-11(10)12-15(3,13)14/h5-9,12H,4H2,1-3H3. The molecule has 1 unspecified atom stereocenters. The van der Waals surface area contributed by atoms with Crippen molar-refractivity contribution in [2.24, 2.45) is 0 Å². The summed E-state index contributed by atoms with van der Waals surface area (Å²) < 4.78 is 24.8. The van der Waals surface area contributed by atoms with Crippen LogP contribution in [0.25, 0.3) is 0 Å². The number of para-hydroxylation sites is 1. The molecule has 1 atom stereocenters. The summed E-state index contributed by atoms with van der Waals surface area (Å²) in [6.07, 6.45) is 2.16. The highest BCUT2D eigenvalue weighted by atomic mass is 32.2. The minimum Gasteiger partial charge on any atom is -0.283 e. The van der Waals surface area contributed by atoms with Crippen molar-refractivity contribution in [3.05, 3.63) is 29.8 Å². The zero-order valence-electron chi connectivity index (χ0n) is 9.32. The molecule has 0 saturated carbocycles. The third kappa shape index (κ3) is 3.55. The highest BCUT2D eigenvalue weighted by molar-refractivity contribution is 7.92. The van der Waals surface area contributed by atoms with Gasteiger partial charge >= 0.3 is 0 Å². The van der Waals surface area contributed by atoms with Crippen molar-refractivity contribution >= 4 is 15.7 Å². The quantitative estimate of drug-likeness (QED) is 0.859. The molecule has 0 bridgehead atoms. The van der Waals surface area contributed by atoms with Crippen LogP contribution >= 0.6 is 0 Å². The molecule has 0 aliphatic heterocycles. The number of hydrogen-bond donors (Lipinski definition) is 1.